The molecule has 15 heavy (non-hydrogen) atoms. The monoisotopic (exact) mass is 214 g/mol. The van der Waals surface area contributed by atoms with Gasteiger partial charge in [0.05, 0.1) is 0 Å². The topological polar surface area (TPSA) is 6.48 Å². The molecule has 0 N–H and O–H groups in total. The summed E-state index contributed by atoms with van der Waals surface area (Å²) < 4.78 is 12.4. The second kappa shape index (κ2) is 5.26. The minimum atomic E-state index is -0.177. The van der Waals surface area contributed by atoms with E-state index in [1.165, 1.54) is 38.8 Å². The van der Waals surface area contributed by atoms with Crippen molar-refractivity contribution in [1.82, 2.24) is 9.80 Å². The fourth-order valence-corrected chi connectivity index (χ4v) is 3.19. The van der Waals surface area contributed by atoms with E-state index in [1.54, 1.807) is 0 Å². The van der Waals surface area contributed by atoms with Crippen LogP contribution in [0, 0.1) is 5.92 Å². The fraction of sp³-hybridized carbons (Fsp3) is 1.00. The molecule has 0 spiro atoms. The summed E-state index contributed by atoms with van der Waals surface area (Å²) in [5.41, 5.74) is 0. The molecule has 2 saturated heterocycles. The lowest BCUT2D eigenvalue weighted by Gasteiger charge is -2.36. The molecule has 1 atom stereocenters. The van der Waals surface area contributed by atoms with Gasteiger partial charge in [-0.05, 0) is 58.3 Å². The van der Waals surface area contributed by atoms with Gasteiger partial charge in [0.15, 0.2) is 0 Å². The Hall–Kier alpha value is -0.150. The van der Waals surface area contributed by atoms with Gasteiger partial charge in [0.25, 0.3) is 0 Å². The first-order chi connectivity index (χ1) is 7.31. The molecule has 2 aliphatic rings. The third-order valence-electron chi connectivity index (χ3n) is 4.09. The van der Waals surface area contributed by atoms with E-state index in [1.807, 2.05) is 0 Å². The van der Waals surface area contributed by atoms with Crippen LogP contribution in [0.2, 0.25) is 0 Å². The number of piperidine rings is 1. The lowest BCUT2D eigenvalue weighted by molar-refractivity contribution is 0.120. The predicted molar refractivity (Wildman–Crippen MR) is 60.8 cm³/mol. The molecule has 0 saturated carbocycles. The maximum Gasteiger partial charge on any atom is 0.102 e. The van der Waals surface area contributed by atoms with Crippen LogP contribution >= 0.6 is 0 Å². The van der Waals surface area contributed by atoms with Crippen LogP contribution in [-0.4, -0.2) is 55.7 Å². The zero-order valence-electron chi connectivity index (χ0n) is 9.79. The quantitative estimate of drug-likeness (QED) is 0.706. The molecule has 0 aromatic carbocycles. The summed E-state index contributed by atoms with van der Waals surface area (Å²) in [6.07, 6.45) is 5.19. The summed E-state index contributed by atoms with van der Waals surface area (Å²) in [5, 5.41) is 0. The van der Waals surface area contributed by atoms with E-state index in [9.17, 15) is 4.39 Å². The normalized spacial score (nSPS) is 31.2. The molecule has 0 bridgehead atoms. The molecule has 2 nitrogen and oxygen atoms in total. The van der Waals surface area contributed by atoms with Crippen molar-refractivity contribution in [3.05, 3.63) is 0 Å². The summed E-state index contributed by atoms with van der Waals surface area (Å²) >= 11 is 0. The number of alkyl halides is 1. The number of halogens is 1. The molecule has 0 radical (unpaired) electrons. The van der Waals surface area contributed by atoms with Gasteiger partial charge < -0.3 is 4.90 Å². The first-order valence-corrected chi connectivity index (χ1v) is 6.30. The van der Waals surface area contributed by atoms with E-state index in [-0.39, 0.29) is 6.67 Å². The average molecular weight is 214 g/mol. The van der Waals surface area contributed by atoms with Gasteiger partial charge in [0.2, 0.25) is 0 Å². The van der Waals surface area contributed by atoms with Crippen LogP contribution in [0.1, 0.15) is 25.7 Å². The minimum absolute atomic E-state index is 0.177. The van der Waals surface area contributed by atoms with Crippen molar-refractivity contribution < 1.29 is 4.39 Å². The Bertz CT molecular complexity index is 190. The van der Waals surface area contributed by atoms with Crippen molar-refractivity contribution in [2.45, 2.75) is 31.7 Å². The maximum absolute atomic E-state index is 12.4. The van der Waals surface area contributed by atoms with Gasteiger partial charge in [-0.15, -0.1) is 0 Å². The Kier molecular flexibility index (Phi) is 3.98. The maximum atomic E-state index is 12.4. The van der Waals surface area contributed by atoms with Crippen molar-refractivity contribution in [3.63, 3.8) is 0 Å². The summed E-state index contributed by atoms with van der Waals surface area (Å²) in [6.45, 7) is 4.07. The standard InChI is InChI=1S/C12H23FN2/c1-14-8-4-11(5-9-14)12-3-2-7-15(12)10-6-13/h11-12H,2-10H2,1H3/t12-/m0/s1. The fourth-order valence-electron chi connectivity index (χ4n) is 3.19. The highest BCUT2D eigenvalue weighted by Crippen LogP contribution is 2.30. The zero-order valence-corrected chi connectivity index (χ0v) is 9.79. The SMILES string of the molecule is CN1CCC([C@@H]2CCCN2CCF)CC1. The summed E-state index contributed by atoms with van der Waals surface area (Å²) in [4.78, 5) is 4.79. The Morgan fingerprint density at radius 1 is 1.13 bits per heavy atom. The Morgan fingerprint density at radius 3 is 2.53 bits per heavy atom. The molecule has 0 aromatic heterocycles. The van der Waals surface area contributed by atoms with Gasteiger partial charge >= 0.3 is 0 Å². The molecule has 3 heteroatoms. The van der Waals surface area contributed by atoms with Crippen LogP contribution in [0.15, 0.2) is 0 Å². The molecule has 2 fully saturated rings. The second-order valence-corrected chi connectivity index (χ2v) is 5.08. The third-order valence-corrected chi connectivity index (χ3v) is 4.09. The molecular weight excluding hydrogens is 191 g/mol. The van der Waals surface area contributed by atoms with E-state index in [2.05, 4.69) is 16.8 Å². The third kappa shape index (κ3) is 2.70. The second-order valence-electron chi connectivity index (χ2n) is 5.08. The predicted octanol–water partition coefficient (Wildman–Crippen LogP) is 1.76. The average Bonchev–Trinajstić information content (AvgIpc) is 2.68. The van der Waals surface area contributed by atoms with Gasteiger partial charge in [-0.1, -0.05) is 0 Å². The number of nitrogens with zero attached hydrogens (tertiary/aromatic N) is 2. The number of hydrogen-bond acceptors (Lipinski definition) is 2. The van der Waals surface area contributed by atoms with Crippen molar-refractivity contribution in [2.75, 3.05) is 39.9 Å². The molecule has 0 unspecified atom stereocenters. The highest BCUT2D eigenvalue weighted by molar-refractivity contribution is 4.87. The molecular formula is C12H23FN2. The molecule has 2 heterocycles. The summed E-state index contributed by atoms with van der Waals surface area (Å²) in [6, 6.07) is 0.689. The van der Waals surface area contributed by atoms with E-state index in [0.717, 1.165) is 12.5 Å². The molecule has 2 rings (SSSR count). The van der Waals surface area contributed by atoms with Gasteiger partial charge in [-0.25, -0.2) is 4.39 Å². The number of likely N-dealkylation sites (tertiary alicyclic amines) is 2. The van der Waals surface area contributed by atoms with Crippen LogP contribution in [0.25, 0.3) is 0 Å². The van der Waals surface area contributed by atoms with Crippen LogP contribution in [0.4, 0.5) is 4.39 Å². The van der Waals surface area contributed by atoms with Crippen molar-refractivity contribution in [2.24, 2.45) is 5.92 Å². The number of hydrogen-bond donors (Lipinski definition) is 0. The Labute approximate surface area is 92.4 Å². The van der Waals surface area contributed by atoms with Crippen LogP contribution in [0.3, 0.4) is 0 Å². The van der Waals surface area contributed by atoms with E-state index < -0.39 is 0 Å². The van der Waals surface area contributed by atoms with Crippen LogP contribution in [0.5, 0.6) is 0 Å². The first kappa shape index (κ1) is 11.3. The van der Waals surface area contributed by atoms with Crippen molar-refractivity contribution >= 4 is 0 Å². The van der Waals surface area contributed by atoms with Gasteiger partial charge in [0.1, 0.15) is 6.67 Å². The molecule has 0 amide bonds. The van der Waals surface area contributed by atoms with Gasteiger partial charge in [-0.2, -0.15) is 0 Å². The van der Waals surface area contributed by atoms with Crippen molar-refractivity contribution in [1.29, 1.82) is 0 Å². The Balaban J connectivity index is 1.86. The minimum Gasteiger partial charge on any atom is -0.306 e. The van der Waals surface area contributed by atoms with Crippen molar-refractivity contribution in [3.8, 4) is 0 Å². The largest absolute Gasteiger partial charge is 0.306 e. The molecule has 88 valence electrons. The lowest BCUT2D eigenvalue weighted by Crippen LogP contribution is -2.42. The summed E-state index contributed by atoms with van der Waals surface area (Å²) in [5.74, 6) is 0.829. The van der Waals surface area contributed by atoms with E-state index in [4.69, 9.17) is 0 Å². The van der Waals surface area contributed by atoms with E-state index >= 15 is 0 Å². The number of rotatable bonds is 3. The summed E-state index contributed by atoms with van der Waals surface area (Å²) in [7, 11) is 2.20. The molecule has 0 aromatic rings. The molecule has 2 aliphatic heterocycles. The van der Waals surface area contributed by atoms with Gasteiger partial charge in [-0.3, -0.25) is 4.90 Å². The Morgan fingerprint density at radius 2 is 1.87 bits per heavy atom. The first-order valence-electron chi connectivity index (χ1n) is 6.30. The zero-order chi connectivity index (χ0) is 10.7. The smallest absolute Gasteiger partial charge is 0.102 e. The van der Waals surface area contributed by atoms with Gasteiger partial charge in [0, 0.05) is 12.6 Å². The highest BCUT2D eigenvalue weighted by atomic mass is 19.1. The highest BCUT2D eigenvalue weighted by Gasteiger charge is 2.32. The molecule has 0 aliphatic carbocycles. The van der Waals surface area contributed by atoms with Crippen LogP contribution in [-0.2, 0) is 0 Å². The lowest BCUT2D eigenvalue weighted by atomic mass is 9.88. The van der Waals surface area contributed by atoms with Crippen LogP contribution < -0.4 is 0 Å². The van der Waals surface area contributed by atoms with E-state index in [0.29, 0.717) is 12.6 Å².